The van der Waals surface area contributed by atoms with Gasteiger partial charge in [0, 0.05) is 6.54 Å². The third-order valence-electron chi connectivity index (χ3n) is 3.40. The molecule has 0 spiro atoms. The van der Waals surface area contributed by atoms with Crippen LogP contribution in [0.2, 0.25) is 0 Å². The van der Waals surface area contributed by atoms with Crippen molar-refractivity contribution in [2.24, 2.45) is 5.92 Å². The van der Waals surface area contributed by atoms with E-state index in [0.717, 1.165) is 31.5 Å². The monoisotopic (exact) mass is 250 g/mol. The lowest BCUT2D eigenvalue weighted by Gasteiger charge is -2.24. The number of halogens is 1. The smallest absolute Gasteiger partial charge is 0.224 e. The van der Waals surface area contributed by atoms with E-state index in [9.17, 15) is 9.18 Å². The van der Waals surface area contributed by atoms with E-state index < -0.39 is 0 Å². The molecule has 4 heteroatoms. The van der Waals surface area contributed by atoms with Crippen molar-refractivity contribution in [3.63, 3.8) is 0 Å². The molecule has 1 fully saturated rings. The third kappa shape index (κ3) is 3.29. The van der Waals surface area contributed by atoms with Crippen LogP contribution in [0.5, 0.6) is 0 Å². The molecular formula is C14H19FN2O. The number of carbonyl (C=O) groups is 1. The molecule has 1 aromatic rings. The molecule has 1 aliphatic heterocycles. The van der Waals surface area contributed by atoms with Crippen LogP contribution >= 0.6 is 0 Å². The number of hydrogen-bond acceptors (Lipinski definition) is 2. The van der Waals surface area contributed by atoms with Crippen LogP contribution in [0.25, 0.3) is 0 Å². The van der Waals surface area contributed by atoms with Gasteiger partial charge in [0.25, 0.3) is 0 Å². The van der Waals surface area contributed by atoms with Crippen LogP contribution in [0.3, 0.4) is 0 Å². The molecule has 1 aliphatic rings. The van der Waals surface area contributed by atoms with E-state index >= 15 is 0 Å². The quantitative estimate of drug-likeness (QED) is 0.861. The second kappa shape index (κ2) is 5.96. The highest BCUT2D eigenvalue weighted by Crippen LogP contribution is 2.16. The highest BCUT2D eigenvalue weighted by Gasteiger charge is 2.22. The molecular weight excluding hydrogens is 231 g/mol. The first kappa shape index (κ1) is 13.0. The van der Waals surface area contributed by atoms with Crippen LogP contribution in [-0.2, 0) is 4.79 Å². The number of carbonyl (C=O) groups excluding carboxylic acids is 1. The Bertz CT molecular complexity index is 399. The molecule has 2 rings (SSSR count). The van der Waals surface area contributed by atoms with Crippen LogP contribution in [-0.4, -0.2) is 19.0 Å². The fourth-order valence-corrected chi connectivity index (χ4v) is 2.24. The van der Waals surface area contributed by atoms with Gasteiger partial charge in [-0.2, -0.15) is 0 Å². The lowest BCUT2D eigenvalue weighted by molar-refractivity contribution is -0.126. The van der Waals surface area contributed by atoms with Crippen molar-refractivity contribution in [1.29, 1.82) is 0 Å². The maximum absolute atomic E-state index is 12.8. The predicted octanol–water partition coefficient (Wildman–Crippen LogP) is 2.00. The normalized spacial score (nSPS) is 21.3. The van der Waals surface area contributed by atoms with E-state index in [-0.39, 0.29) is 23.7 Å². The van der Waals surface area contributed by atoms with Crippen LogP contribution in [0, 0.1) is 11.7 Å². The summed E-state index contributed by atoms with van der Waals surface area (Å²) in [4.78, 5) is 12.0. The molecule has 2 N–H and O–H groups in total. The number of rotatable bonds is 3. The summed E-state index contributed by atoms with van der Waals surface area (Å²) in [6, 6.07) is 6.17. The standard InChI is InChI=1S/C14H19FN2O/c1-10(11-4-6-13(15)7-5-11)17-14(18)12-3-2-8-16-9-12/h4-7,10,12,16H,2-3,8-9H2,1H3,(H,17,18)/t10-,12+/m1/s1. The predicted molar refractivity (Wildman–Crippen MR) is 68.6 cm³/mol. The van der Waals surface area contributed by atoms with E-state index in [1.165, 1.54) is 12.1 Å². The van der Waals surface area contributed by atoms with E-state index in [1.807, 2.05) is 6.92 Å². The fraction of sp³-hybridized carbons (Fsp3) is 0.500. The lowest BCUT2D eigenvalue weighted by Crippen LogP contribution is -2.41. The Kier molecular flexibility index (Phi) is 4.31. The summed E-state index contributed by atoms with van der Waals surface area (Å²) in [6.07, 6.45) is 1.98. The maximum atomic E-state index is 12.8. The summed E-state index contributed by atoms with van der Waals surface area (Å²) >= 11 is 0. The maximum Gasteiger partial charge on any atom is 0.224 e. The molecule has 0 bridgehead atoms. The number of nitrogens with one attached hydrogen (secondary N) is 2. The van der Waals surface area contributed by atoms with Crippen molar-refractivity contribution in [1.82, 2.24) is 10.6 Å². The van der Waals surface area contributed by atoms with E-state index in [2.05, 4.69) is 10.6 Å². The molecule has 1 saturated heterocycles. The molecule has 0 unspecified atom stereocenters. The summed E-state index contributed by atoms with van der Waals surface area (Å²) in [5.74, 6) is -0.116. The molecule has 0 saturated carbocycles. The second-order valence-electron chi connectivity index (χ2n) is 4.83. The van der Waals surface area contributed by atoms with E-state index in [0.29, 0.717) is 0 Å². The SMILES string of the molecule is C[C@@H](NC(=O)[C@H]1CCCNC1)c1ccc(F)cc1. The fourth-order valence-electron chi connectivity index (χ4n) is 2.24. The first-order chi connectivity index (χ1) is 8.66. The van der Waals surface area contributed by atoms with Crippen molar-refractivity contribution in [3.8, 4) is 0 Å². The van der Waals surface area contributed by atoms with Crippen LogP contribution in [0.1, 0.15) is 31.4 Å². The van der Waals surface area contributed by atoms with Gasteiger partial charge in [-0.25, -0.2) is 4.39 Å². The molecule has 98 valence electrons. The molecule has 3 nitrogen and oxygen atoms in total. The Hall–Kier alpha value is -1.42. The molecule has 18 heavy (non-hydrogen) atoms. The van der Waals surface area contributed by atoms with Gasteiger partial charge in [-0.15, -0.1) is 0 Å². The van der Waals surface area contributed by atoms with Gasteiger partial charge in [-0.3, -0.25) is 4.79 Å². The summed E-state index contributed by atoms with van der Waals surface area (Å²) in [6.45, 7) is 3.67. The Morgan fingerprint density at radius 1 is 1.44 bits per heavy atom. The first-order valence-electron chi connectivity index (χ1n) is 6.43. The first-order valence-corrected chi connectivity index (χ1v) is 6.43. The Balaban J connectivity index is 1.91. The van der Waals surface area contributed by atoms with Crippen LogP contribution in [0.4, 0.5) is 4.39 Å². The zero-order chi connectivity index (χ0) is 13.0. The Morgan fingerprint density at radius 3 is 2.78 bits per heavy atom. The van der Waals surface area contributed by atoms with E-state index in [4.69, 9.17) is 0 Å². The zero-order valence-corrected chi connectivity index (χ0v) is 10.6. The van der Waals surface area contributed by atoms with Crippen molar-refractivity contribution >= 4 is 5.91 Å². The molecule has 0 aliphatic carbocycles. The molecule has 2 atom stereocenters. The van der Waals surface area contributed by atoms with Crippen molar-refractivity contribution < 1.29 is 9.18 Å². The summed E-state index contributed by atoms with van der Waals surface area (Å²) in [5, 5.41) is 6.21. The highest BCUT2D eigenvalue weighted by atomic mass is 19.1. The lowest BCUT2D eigenvalue weighted by atomic mass is 9.98. The summed E-state index contributed by atoms with van der Waals surface area (Å²) < 4.78 is 12.8. The second-order valence-corrected chi connectivity index (χ2v) is 4.83. The Labute approximate surface area is 107 Å². The number of amides is 1. The largest absolute Gasteiger partial charge is 0.349 e. The number of piperidine rings is 1. The van der Waals surface area contributed by atoms with Crippen molar-refractivity contribution in [3.05, 3.63) is 35.6 Å². The topological polar surface area (TPSA) is 41.1 Å². The third-order valence-corrected chi connectivity index (χ3v) is 3.40. The zero-order valence-electron chi connectivity index (χ0n) is 10.6. The molecule has 1 amide bonds. The average molecular weight is 250 g/mol. The van der Waals surface area contributed by atoms with Gasteiger partial charge < -0.3 is 10.6 Å². The molecule has 1 aromatic carbocycles. The van der Waals surface area contributed by atoms with Gasteiger partial charge in [-0.05, 0) is 44.0 Å². The summed E-state index contributed by atoms with van der Waals surface area (Å²) in [7, 11) is 0. The molecule has 0 radical (unpaired) electrons. The van der Waals surface area contributed by atoms with Gasteiger partial charge in [0.05, 0.1) is 12.0 Å². The summed E-state index contributed by atoms with van der Waals surface area (Å²) in [5.41, 5.74) is 0.925. The van der Waals surface area contributed by atoms with E-state index in [1.54, 1.807) is 12.1 Å². The van der Waals surface area contributed by atoms with Crippen LogP contribution < -0.4 is 10.6 Å². The Morgan fingerprint density at radius 2 is 2.17 bits per heavy atom. The minimum atomic E-state index is -0.256. The van der Waals surface area contributed by atoms with Gasteiger partial charge >= 0.3 is 0 Å². The highest BCUT2D eigenvalue weighted by molar-refractivity contribution is 5.79. The van der Waals surface area contributed by atoms with Gasteiger partial charge in [0.1, 0.15) is 5.82 Å². The molecule has 1 heterocycles. The van der Waals surface area contributed by atoms with Gasteiger partial charge in [-0.1, -0.05) is 12.1 Å². The van der Waals surface area contributed by atoms with Crippen molar-refractivity contribution in [2.45, 2.75) is 25.8 Å². The minimum Gasteiger partial charge on any atom is -0.349 e. The van der Waals surface area contributed by atoms with Crippen molar-refractivity contribution in [2.75, 3.05) is 13.1 Å². The molecule has 0 aromatic heterocycles. The van der Waals surface area contributed by atoms with Crippen LogP contribution in [0.15, 0.2) is 24.3 Å². The minimum absolute atomic E-state index is 0.0571. The number of hydrogen-bond donors (Lipinski definition) is 2. The van der Waals surface area contributed by atoms with Gasteiger partial charge in [0.15, 0.2) is 0 Å². The average Bonchev–Trinajstić information content (AvgIpc) is 2.40. The van der Waals surface area contributed by atoms with Gasteiger partial charge in [0.2, 0.25) is 5.91 Å². The number of benzene rings is 1.